The van der Waals surface area contributed by atoms with Gasteiger partial charge in [-0.3, -0.25) is 4.79 Å². The van der Waals surface area contributed by atoms with Gasteiger partial charge in [0.25, 0.3) is 0 Å². The number of ether oxygens (including phenoxy) is 2. The van der Waals surface area contributed by atoms with E-state index in [1.807, 2.05) is 0 Å². The summed E-state index contributed by atoms with van der Waals surface area (Å²) >= 11 is 0. The molecule has 4 rings (SSSR count). The number of rotatable bonds is 4. The summed E-state index contributed by atoms with van der Waals surface area (Å²) in [5, 5.41) is 68.9. The van der Waals surface area contributed by atoms with E-state index in [-0.39, 0.29) is 39.3 Å². The Labute approximate surface area is 179 Å². The van der Waals surface area contributed by atoms with Crippen LogP contribution in [0.4, 0.5) is 0 Å². The topological polar surface area (TPSA) is 190 Å². The first-order chi connectivity index (χ1) is 15.2. The van der Waals surface area contributed by atoms with E-state index in [1.165, 1.54) is 12.1 Å². The first-order valence-corrected chi connectivity index (χ1v) is 9.49. The molecule has 1 fully saturated rings. The average molecular weight is 448 g/mol. The van der Waals surface area contributed by atoms with Gasteiger partial charge in [0.2, 0.25) is 11.7 Å². The lowest BCUT2D eigenvalue weighted by molar-refractivity contribution is -0.277. The Bertz CT molecular complexity index is 1200. The highest BCUT2D eigenvalue weighted by atomic mass is 16.7. The number of aliphatic hydroxyl groups is 4. The Morgan fingerprint density at radius 3 is 2.38 bits per heavy atom. The number of hydrogen-bond acceptors (Lipinski definition) is 11. The lowest BCUT2D eigenvalue weighted by Crippen LogP contribution is -2.60. The predicted octanol–water partition coefficient (Wildman–Crippen LogP) is -0.245. The van der Waals surface area contributed by atoms with Gasteiger partial charge in [-0.15, -0.1) is 0 Å². The SMILES string of the molecule is O=c1c(-c2ccc(O)cc2O[C@@H]2O[C@H](CO)[C@@H](O)[C@H](O)[C@H]2O)coc2cc(O)cc(O)c12. The van der Waals surface area contributed by atoms with Crippen LogP contribution < -0.4 is 10.2 Å². The van der Waals surface area contributed by atoms with Crippen LogP contribution in [-0.4, -0.2) is 73.1 Å². The minimum Gasteiger partial charge on any atom is -0.508 e. The lowest BCUT2D eigenvalue weighted by Gasteiger charge is -2.39. The normalized spacial score (nSPS) is 25.7. The van der Waals surface area contributed by atoms with Crippen LogP contribution in [0.2, 0.25) is 0 Å². The van der Waals surface area contributed by atoms with Gasteiger partial charge < -0.3 is 49.6 Å². The van der Waals surface area contributed by atoms with E-state index >= 15 is 0 Å². The van der Waals surface area contributed by atoms with Crippen molar-refractivity contribution in [3.05, 3.63) is 46.8 Å². The molecular formula is C21H20O11. The fourth-order valence-electron chi connectivity index (χ4n) is 3.53. The molecule has 1 aliphatic rings. The summed E-state index contributed by atoms with van der Waals surface area (Å²) < 4.78 is 16.3. The monoisotopic (exact) mass is 448 g/mol. The smallest absolute Gasteiger partial charge is 0.229 e. The van der Waals surface area contributed by atoms with Crippen LogP contribution in [0, 0.1) is 0 Å². The zero-order valence-electron chi connectivity index (χ0n) is 16.3. The maximum absolute atomic E-state index is 13.0. The molecule has 7 N–H and O–H groups in total. The molecule has 11 nitrogen and oxygen atoms in total. The second kappa shape index (κ2) is 8.30. The molecule has 5 atom stereocenters. The van der Waals surface area contributed by atoms with Gasteiger partial charge in [0, 0.05) is 23.8 Å². The van der Waals surface area contributed by atoms with Crippen molar-refractivity contribution in [3.8, 4) is 34.1 Å². The number of benzene rings is 2. The fourth-order valence-corrected chi connectivity index (χ4v) is 3.53. The summed E-state index contributed by atoms with van der Waals surface area (Å²) in [6.07, 6.45) is -6.73. The molecule has 2 aromatic carbocycles. The Hall–Kier alpha value is -3.35. The molecule has 11 heteroatoms. The van der Waals surface area contributed by atoms with Crippen molar-refractivity contribution in [1.29, 1.82) is 0 Å². The van der Waals surface area contributed by atoms with E-state index in [2.05, 4.69) is 0 Å². The Morgan fingerprint density at radius 1 is 0.906 bits per heavy atom. The number of fused-ring (bicyclic) bond motifs is 1. The summed E-state index contributed by atoms with van der Waals surface area (Å²) in [5.41, 5.74) is -0.736. The van der Waals surface area contributed by atoms with E-state index < -0.39 is 48.5 Å². The molecular weight excluding hydrogens is 428 g/mol. The molecule has 0 unspecified atom stereocenters. The molecule has 0 spiro atoms. The van der Waals surface area contributed by atoms with Gasteiger partial charge in [-0.2, -0.15) is 0 Å². The van der Waals surface area contributed by atoms with Gasteiger partial charge in [-0.25, -0.2) is 0 Å². The first-order valence-electron chi connectivity index (χ1n) is 9.49. The molecule has 0 saturated carbocycles. The molecule has 0 aliphatic carbocycles. The third kappa shape index (κ3) is 3.72. The molecule has 0 radical (unpaired) electrons. The zero-order valence-corrected chi connectivity index (χ0v) is 16.3. The van der Waals surface area contributed by atoms with Gasteiger partial charge in [0.15, 0.2) is 0 Å². The zero-order chi connectivity index (χ0) is 23.2. The van der Waals surface area contributed by atoms with Crippen molar-refractivity contribution < 1.29 is 49.6 Å². The highest BCUT2D eigenvalue weighted by Gasteiger charge is 2.45. The second-order valence-electron chi connectivity index (χ2n) is 7.31. The van der Waals surface area contributed by atoms with E-state index in [9.17, 15) is 40.5 Å². The summed E-state index contributed by atoms with van der Waals surface area (Å²) in [6, 6.07) is 5.84. The number of phenols is 3. The van der Waals surface area contributed by atoms with Crippen molar-refractivity contribution in [2.45, 2.75) is 30.7 Å². The molecule has 1 aliphatic heterocycles. The van der Waals surface area contributed by atoms with Crippen molar-refractivity contribution in [1.82, 2.24) is 0 Å². The van der Waals surface area contributed by atoms with Crippen LogP contribution in [0.15, 0.2) is 45.8 Å². The number of hydrogen-bond donors (Lipinski definition) is 7. The number of aromatic hydroxyl groups is 3. The molecule has 0 bridgehead atoms. The first kappa shape index (κ1) is 21.9. The summed E-state index contributed by atoms with van der Waals surface area (Å²) in [4.78, 5) is 13.0. The molecule has 170 valence electrons. The Kier molecular flexibility index (Phi) is 5.67. The van der Waals surface area contributed by atoms with Crippen LogP contribution in [0.5, 0.6) is 23.0 Å². The van der Waals surface area contributed by atoms with Gasteiger partial charge >= 0.3 is 0 Å². The maximum atomic E-state index is 13.0. The molecule has 32 heavy (non-hydrogen) atoms. The molecule has 1 aromatic heterocycles. The van der Waals surface area contributed by atoms with E-state index in [1.54, 1.807) is 0 Å². The van der Waals surface area contributed by atoms with Gasteiger partial charge in [-0.1, -0.05) is 0 Å². The van der Waals surface area contributed by atoms with E-state index in [4.69, 9.17) is 13.9 Å². The minimum atomic E-state index is -1.72. The molecule has 0 amide bonds. The quantitative estimate of drug-likeness (QED) is 0.279. The number of aliphatic hydroxyl groups excluding tert-OH is 4. The molecule has 3 aromatic rings. The van der Waals surface area contributed by atoms with Crippen molar-refractivity contribution in [2.24, 2.45) is 0 Å². The summed E-state index contributed by atoms with van der Waals surface area (Å²) in [5.74, 6) is -1.22. The van der Waals surface area contributed by atoms with Crippen LogP contribution in [0.3, 0.4) is 0 Å². The predicted molar refractivity (Wildman–Crippen MR) is 107 cm³/mol. The third-order valence-corrected chi connectivity index (χ3v) is 5.19. The number of phenolic OH excluding ortho intramolecular Hbond substituents is 3. The van der Waals surface area contributed by atoms with Crippen LogP contribution in [0.1, 0.15) is 0 Å². The second-order valence-corrected chi connectivity index (χ2v) is 7.31. The Balaban J connectivity index is 1.79. The Morgan fingerprint density at radius 2 is 1.66 bits per heavy atom. The minimum absolute atomic E-state index is 0.0635. The van der Waals surface area contributed by atoms with Crippen LogP contribution in [0.25, 0.3) is 22.1 Å². The summed E-state index contributed by atoms with van der Waals surface area (Å²) in [7, 11) is 0. The van der Waals surface area contributed by atoms with Crippen molar-refractivity contribution in [3.63, 3.8) is 0 Å². The summed E-state index contributed by atoms with van der Waals surface area (Å²) in [6.45, 7) is -0.669. The maximum Gasteiger partial charge on any atom is 0.229 e. The highest BCUT2D eigenvalue weighted by Crippen LogP contribution is 2.36. The van der Waals surface area contributed by atoms with Gasteiger partial charge in [-0.05, 0) is 12.1 Å². The largest absolute Gasteiger partial charge is 0.508 e. The van der Waals surface area contributed by atoms with Gasteiger partial charge in [0.1, 0.15) is 64.6 Å². The standard InChI is InChI=1S/C21H20O11/c22-6-15-18(27)19(28)20(29)21(32-15)31-13-4-8(23)1-2-10(13)11-7-30-14-5-9(24)3-12(25)16(14)17(11)26/h1-5,7,15,18-25,27-29H,6H2/t15-,18-,19+,20-,21-/m1/s1. The average Bonchev–Trinajstić information content (AvgIpc) is 2.74. The molecule has 2 heterocycles. The molecule has 1 saturated heterocycles. The fraction of sp³-hybridized carbons (Fsp3) is 0.286. The lowest BCUT2D eigenvalue weighted by atomic mass is 9.99. The van der Waals surface area contributed by atoms with Crippen molar-refractivity contribution in [2.75, 3.05) is 6.61 Å². The third-order valence-electron chi connectivity index (χ3n) is 5.19. The van der Waals surface area contributed by atoms with Crippen LogP contribution in [-0.2, 0) is 4.74 Å². The van der Waals surface area contributed by atoms with E-state index in [0.29, 0.717) is 0 Å². The van der Waals surface area contributed by atoms with Gasteiger partial charge in [0.05, 0.1) is 12.2 Å². The van der Waals surface area contributed by atoms with Crippen molar-refractivity contribution >= 4 is 11.0 Å². The van der Waals surface area contributed by atoms with E-state index in [0.717, 1.165) is 24.5 Å². The highest BCUT2D eigenvalue weighted by molar-refractivity contribution is 5.88. The van der Waals surface area contributed by atoms with Crippen LogP contribution >= 0.6 is 0 Å².